The Labute approximate surface area is 159 Å². The number of hydrogen-bond donors (Lipinski definition) is 1. The van der Waals surface area contributed by atoms with E-state index < -0.39 is 0 Å². The number of halogens is 1. The molecule has 1 fully saturated rings. The van der Waals surface area contributed by atoms with Gasteiger partial charge in [0.05, 0.1) is 22.9 Å². The molecule has 3 heterocycles. The monoisotopic (exact) mass is 383 g/mol. The number of nitrogens with zero attached hydrogens (tertiary/aromatic N) is 4. The number of rotatable bonds is 3. The number of benzene rings is 1. The third-order valence-electron chi connectivity index (χ3n) is 4.74. The maximum absolute atomic E-state index is 13.7. The van der Waals surface area contributed by atoms with E-state index >= 15 is 0 Å². The molecular weight excluding hydrogens is 365 g/mol. The topological polar surface area (TPSA) is 85.0 Å². The molecule has 4 rings (SSSR count). The highest BCUT2D eigenvalue weighted by Crippen LogP contribution is 2.38. The fourth-order valence-corrected chi connectivity index (χ4v) is 4.23. The van der Waals surface area contributed by atoms with Crippen LogP contribution in [0.4, 0.5) is 10.3 Å². The number of carbonyl (C=O) groups is 1. The summed E-state index contributed by atoms with van der Waals surface area (Å²) in [5.74, 6) is -0.256. The Kier molecular flexibility index (Phi) is 4.57. The van der Waals surface area contributed by atoms with Crippen molar-refractivity contribution >= 4 is 23.2 Å². The normalized spacial score (nSPS) is 16.7. The summed E-state index contributed by atoms with van der Waals surface area (Å²) in [6, 6.07) is 6.04. The Morgan fingerprint density at radius 2 is 2.22 bits per heavy atom. The maximum atomic E-state index is 13.7. The molecule has 6 nitrogen and oxygen atoms in total. The molecule has 1 unspecified atom stereocenters. The van der Waals surface area contributed by atoms with E-state index in [2.05, 4.69) is 15.0 Å². The van der Waals surface area contributed by atoms with Gasteiger partial charge in [0, 0.05) is 18.3 Å². The predicted octanol–water partition coefficient (Wildman–Crippen LogP) is 3.61. The largest absolute Gasteiger partial charge is 0.368 e. The molecule has 1 saturated heterocycles. The summed E-state index contributed by atoms with van der Waals surface area (Å²) >= 11 is 1.34. The lowest BCUT2D eigenvalue weighted by Gasteiger charge is -2.25. The van der Waals surface area contributed by atoms with Crippen molar-refractivity contribution in [3.05, 3.63) is 58.1 Å². The second-order valence-corrected chi connectivity index (χ2v) is 7.32. The van der Waals surface area contributed by atoms with Gasteiger partial charge in [0.2, 0.25) is 5.95 Å². The van der Waals surface area contributed by atoms with Gasteiger partial charge in [-0.05, 0) is 37.5 Å². The van der Waals surface area contributed by atoms with Crippen molar-refractivity contribution in [2.45, 2.75) is 25.8 Å². The standard InChI is InChI=1S/C19H18FN5OS/c1-11-17(27-10-23-11)18(26)25-7-3-6-15(25)16-14(9-22-19(21)24-16)12-4-2-5-13(20)8-12/h2,4-5,8-10,15H,3,6-7H2,1H3,(H2,21,22,24). The summed E-state index contributed by atoms with van der Waals surface area (Å²) in [5, 5.41) is 0. The molecule has 1 aliphatic rings. The van der Waals surface area contributed by atoms with Crippen LogP contribution in [0.5, 0.6) is 0 Å². The highest BCUT2D eigenvalue weighted by Gasteiger charge is 2.34. The zero-order chi connectivity index (χ0) is 19.0. The van der Waals surface area contributed by atoms with Crippen LogP contribution >= 0.6 is 11.3 Å². The molecule has 0 saturated carbocycles. The van der Waals surface area contributed by atoms with Crippen molar-refractivity contribution in [2.75, 3.05) is 12.3 Å². The highest BCUT2D eigenvalue weighted by molar-refractivity contribution is 7.11. The van der Waals surface area contributed by atoms with Gasteiger partial charge < -0.3 is 10.6 Å². The van der Waals surface area contributed by atoms with E-state index in [1.165, 1.54) is 23.5 Å². The number of aromatic nitrogens is 3. The second kappa shape index (κ2) is 7.03. The van der Waals surface area contributed by atoms with Crippen LogP contribution < -0.4 is 5.73 Å². The summed E-state index contributed by atoms with van der Waals surface area (Å²) in [6.45, 7) is 2.46. The van der Waals surface area contributed by atoms with Crippen LogP contribution in [-0.4, -0.2) is 32.3 Å². The van der Waals surface area contributed by atoms with Crippen LogP contribution in [0, 0.1) is 12.7 Å². The van der Waals surface area contributed by atoms with Crippen molar-refractivity contribution in [3.8, 4) is 11.1 Å². The van der Waals surface area contributed by atoms with Crippen LogP contribution in [0.25, 0.3) is 11.1 Å². The van der Waals surface area contributed by atoms with Gasteiger partial charge in [0.1, 0.15) is 10.7 Å². The van der Waals surface area contributed by atoms with Gasteiger partial charge in [0.25, 0.3) is 5.91 Å². The molecule has 27 heavy (non-hydrogen) atoms. The minimum Gasteiger partial charge on any atom is -0.368 e. The van der Waals surface area contributed by atoms with Gasteiger partial charge in [-0.3, -0.25) is 4.79 Å². The molecule has 1 amide bonds. The molecule has 1 aromatic carbocycles. The number of hydrogen-bond acceptors (Lipinski definition) is 6. The lowest BCUT2D eigenvalue weighted by Crippen LogP contribution is -2.31. The lowest BCUT2D eigenvalue weighted by atomic mass is 9.99. The third-order valence-corrected chi connectivity index (χ3v) is 5.66. The quantitative estimate of drug-likeness (QED) is 0.747. The van der Waals surface area contributed by atoms with E-state index in [0.717, 1.165) is 18.5 Å². The molecule has 138 valence electrons. The Morgan fingerprint density at radius 1 is 1.37 bits per heavy atom. The molecule has 1 aliphatic heterocycles. The van der Waals surface area contributed by atoms with E-state index in [1.807, 2.05) is 11.8 Å². The Morgan fingerprint density at radius 3 is 2.96 bits per heavy atom. The molecule has 2 aromatic heterocycles. The first-order chi connectivity index (χ1) is 13.0. The lowest BCUT2D eigenvalue weighted by molar-refractivity contribution is 0.0737. The molecule has 0 spiro atoms. The second-order valence-electron chi connectivity index (χ2n) is 6.46. The molecule has 1 atom stereocenters. The van der Waals surface area contributed by atoms with Crippen LogP contribution in [0.3, 0.4) is 0 Å². The number of nitrogen functional groups attached to an aromatic ring is 1. The van der Waals surface area contributed by atoms with Gasteiger partial charge in [-0.25, -0.2) is 19.3 Å². The van der Waals surface area contributed by atoms with Crippen molar-refractivity contribution in [1.29, 1.82) is 0 Å². The SMILES string of the molecule is Cc1ncsc1C(=O)N1CCCC1c1nc(N)ncc1-c1cccc(F)c1. The molecule has 8 heteroatoms. The first-order valence-electron chi connectivity index (χ1n) is 8.64. The Hall–Kier alpha value is -2.87. The molecule has 3 aromatic rings. The van der Waals surface area contributed by atoms with Crippen LogP contribution in [0.15, 0.2) is 36.0 Å². The first-order valence-corrected chi connectivity index (χ1v) is 9.52. The highest BCUT2D eigenvalue weighted by atomic mass is 32.1. The summed E-state index contributed by atoms with van der Waals surface area (Å²) in [5.41, 5.74) is 10.2. The number of anilines is 1. The number of amides is 1. The van der Waals surface area contributed by atoms with Crippen LogP contribution in [-0.2, 0) is 0 Å². The zero-order valence-corrected chi connectivity index (χ0v) is 15.5. The van der Waals surface area contributed by atoms with Crippen molar-refractivity contribution in [3.63, 3.8) is 0 Å². The van der Waals surface area contributed by atoms with E-state index in [1.54, 1.807) is 23.8 Å². The van der Waals surface area contributed by atoms with E-state index in [4.69, 9.17) is 5.73 Å². The molecular formula is C19H18FN5OS. The van der Waals surface area contributed by atoms with Gasteiger partial charge in [-0.2, -0.15) is 0 Å². The van der Waals surface area contributed by atoms with Gasteiger partial charge >= 0.3 is 0 Å². The minimum atomic E-state index is -0.338. The van der Waals surface area contributed by atoms with Gasteiger partial charge in [0.15, 0.2) is 0 Å². The Balaban J connectivity index is 1.77. The summed E-state index contributed by atoms with van der Waals surface area (Å²) < 4.78 is 13.7. The van der Waals surface area contributed by atoms with E-state index in [9.17, 15) is 9.18 Å². The van der Waals surface area contributed by atoms with E-state index in [-0.39, 0.29) is 23.7 Å². The van der Waals surface area contributed by atoms with Crippen LogP contribution in [0.2, 0.25) is 0 Å². The van der Waals surface area contributed by atoms with E-state index in [0.29, 0.717) is 28.2 Å². The smallest absolute Gasteiger partial charge is 0.266 e. The fraction of sp³-hybridized carbons (Fsp3) is 0.263. The minimum absolute atomic E-state index is 0.0557. The first kappa shape index (κ1) is 17.5. The number of thiazole rings is 1. The summed E-state index contributed by atoms with van der Waals surface area (Å²) in [7, 11) is 0. The molecule has 0 radical (unpaired) electrons. The van der Waals surface area contributed by atoms with Crippen molar-refractivity contribution in [1.82, 2.24) is 19.9 Å². The van der Waals surface area contributed by atoms with Crippen molar-refractivity contribution < 1.29 is 9.18 Å². The molecule has 0 aliphatic carbocycles. The molecule has 2 N–H and O–H groups in total. The predicted molar refractivity (Wildman–Crippen MR) is 102 cm³/mol. The number of carbonyl (C=O) groups excluding carboxylic acids is 1. The maximum Gasteiger partial charge on any atom is 0.266 e. The average Bonchev–Trinajstić information content (AvgIpc) is 3.30. The van der Waals surface area contributed by atoms with Gasteiger partial charge in [-0.1, -0.05) is 12.1 Å². The Bertz CT molecular complexity index is 1010. The average molecular weight is 383 g/mol. The number of likely N-dealkylation sites (tertiary alicyclic amines) is 1. The third kappa shape index (κ3) is 3.28. The summed E-state index contributed by atoms with van der Waals surface area (Å²) in [4.78, 5) is 28.2. The van der Waals surface area contributed by atoms with Crippen LogP contribution in [0.1, 0.15) is 39.9 Å². The van der Waals surface area contributed by atoms with Crippen molar-refractivity contribution in [2.24, 2.45) is 0 Å². The zero-order valence-electron chi connectivity index (χ0n) is 14.7. The number of nitrogens with two attached hydrogens (primary N) is 1. The fourth-order valence-electron chi connectivity index (χ4n) is 3.47. The van der Waals surface area contributed by atoms with Gasteiger partial charge in [-0.15, -0.1) is 11.3 Å². The summed E-state index contributed by atoms with van der Waals surface area (Å²) in [6.07, 6.45) is 3.23. The molecule has 0 bridgehead atoms. The number of aryl methyl sites for hydroxylation is 1.